The maximum Gasteiger partial charge on any atom is 0.352 e. The quantitative estimate of drug-likeness (QED) is 0.577. The van der Waals surface area contributed by atoms with E-state index < -0.39 is 18.0 Å². The molecule has 2 aromatic heterocycles. The number of hydrogen-bond donors (Lipinski definition) is 0. The molecule has 8 heteroatoms. The number of Topliss-reactive ketones (excluding diaryl/α,β-unsaturated/α-hetero) is 1. The molecular formula is C18H14O6S2. The number of thiophene rings is 2. The summed E-state index contributed by atoms with van der Waals surface area (Å²) in [7, 11) is 2.36. The molecule has 1 aliphatic rings. The van der Waals surface area contributed by atoms with Crippen molar-refractivity contribution in [1.82, 2.24) is 0 Å². The summed E-state index contributed by atoms with van der Waals surface area (Å²) >= 11 is 2.63. The third-order valence-corrected chi connectivity index (χ3v) is 5.40. The van der Waals surface area contributed by atoms with Gasteiger partial charge in [-0.3, -0.25) is 4.79 Å². The standard InChI is InChI=1S/C18H14O6S2/c1-22-17(20)14-10(15(19)13-6-4-8-26-13)9-11(12-5-3-7-25-12)24-16(14)18(21)23-2/h3-9,16H,1-2H3. The second-order valence-corrected chi connectivity index (χ2v) is 7.03. The summed E-state index contributed by atoms with van der Waals surface area (Å²) in [6.45, 7) is 0. The first-order valence-electron chi connectivity index (χ1n) is 7.47. The van der Waals surface area contributed by atoms with Crippen LogP contribution in [0.3, 0.4) is 0 Å². The molecule has 0 bridgehead atoms. The van der Waals surface area contributed by atoms with Gasteiger partial charge < -0.3 is 14.2 Å². The van der Waals surface area contributed by atoms with Crippen molar-refractivity contribution in [2.45, 2.75) is 6.10 Å². The molecule has 0 saturated carbocycles. The van der Waals surface area contributed by atoms with Crippen molar-refractivity contribution in [3.63, 3.8) is 0 Å². The molecule has 2 aromatic rings. The van der Waals surface area contributed by atoms with Crippen molar-refractivity contribution in [2.75, 3.05) is 14.2 Å². The van der Waals surface area contributed by atoms with Gasteiger partial charge in [0.1, 0.15) is 11.3 Å². The van der Waals surface area contributed by atoms with Crippen LogP contribution in [0.5, 0.6) is 0 Å². The molecule has 0 spiro atoms. The number of esters is 2. The Kier molecular flexibility index (Phi) is 5.34. The maximum absolute atomic E-state index is 13.0. The molecule has 0 N–H and O–H groups in total. The molecule has 3 heterocycles. The fraction of sp³-hybridized carbons (Fsp3) is 0.167. The Morgan fingerprint density at radius 2 is 1.77 bits per heavy atom. The fourth-order valence-corrected chi connectivity index (χ4v) is 3.81. The summed E-state index contributed by atoms with van der Waals surface area (Å²) in [6.07, 6.45) is 0.0908. The molecule has 6 nitrogen and oxygen atoms in total. The number of ketones is 1. The van der Waals surface area contributed by atoms with Crippen LogP contribution in [0.4, 0.5) is 0 Å². The Morgan fingerprint density at radius 1 is 1.04 bits per heavy atom. The van der Waals surface area contributed by atoms with Gasteiger partial charge in [0.05, 0.1) is 24.0 Å². The average Bonchev–Trinajstić information content (AvgIpc) is 3.38. The molecule has 0 radical (unpaired) electrons. The zero-order valence-electron chi connectivity index (χ0n) is 13.9. The van der Waals surface area contributed by atoms with Crippen LogP contribution in [-0.4, -0.2) is 38.0 Å². The lowest BCUT2D eigenvalue weighted by atomic mass is 9.95. The molecule has 26 heavy (non-hydrogen) atoms. The van der Waals surface area contributed by atoms with Crippen LogP contribution in [0.2, 0.25) is 0 Å². The van der Waals surface area contributed by atoms with E-state index in [-0.39, 0.29) is 16.9 Å². The minimum atomic E-state index is -1.38. The SMILES string of the molecule is COC(=O)C1=C(C(=O)c2cccs2)C=C(c2cccs2)OC1C(=O)OC. The molecule has 1 unspecified atom stereocenters. The molecule has 1 aliphatic heterocycles. The molecular weight excluding hydrogens is 376 g/mol. The largest absolute Gasteiger partial charge is 0.472 e. The Hall–Kier alpha value is -2.71. The normalized spacial score (nSPS) is 16.5. The van der Waals surface area contributed by atoms with Gasteiger partial charge in [0.25, 0.3) is 0 Å². The zero-order chi connectivity index (χ0) is 18.7. The summed E-state index contributed by atoms with van der Waals surface area (Å²) in [6, 6.07) is 6.99. The number of allylic oxidation sites excluding steroid dienone is 2. The smallest absolute Gasteiger partial charge is 0.352 e. The van der Waals surface area contributed by atoms with Crippen molar-refractivity contribution in [1.29, 1.82) is 0 Å². The number of ether oxygens (including phenoxy) is 3. The summed E-state index contributed by atoms with van der Waals surface area (Å²) in [5, 5.41) is 3.60. The predicted molar refractivity (Wildman–Crippen MR) is 96.9 cm³/mol. The highest BCUT2D eigenvalue weighted by atomic mass is 32.1. The van der Waals surface area contributed by atoms with E-state index in [4.69, 9.17) is 14.2 Å². The van der Waals surface area contributed by atoms with Crippen LogP contribution in [0, 0.1) is 0 Å². The molecule has 0 saturated heterocycles. The van der Waals surface area contributed by atoms with Crippen molar-refractivity contribution < 1.29 is 28.6 Å². The van der Waals surface area contributed by atoms with Gasteiger partial charge in [-0.2, -0.15) is 0 Å². The van der Waals surface area contributed by atoms with Crippen molar-refractivity contribution in [2.24, 2.45) is 0 Å². The third-order valence-electron chi connectivity index (χ3n) is 3.65. The minimum Gasteiger partial charge on any atom is -0.472 e. The second kappa shape index (κ2) is 7.67. The van der Waals surface area contributed by atoms with Crippen LogP contribution in [0.25, 0.3) is 5.76 Å². The lowest BCUT2D eigenvalue weighted by Crippen LogP contribution is -2.35. The van der Waals surface area contributed by atoms with Gasteiger partial charge in [-0.1, -0.05) is 12.1 Å². The fourth-order valence-electron chi connectivity index (χ4n) is 2.45. The molecule has 0 aromatic carbocycles. The minimum absolute atomic E-state index is 0.0596. The van der Waals surface area contributed by atoms with E-state index >= 15 is 0 Å². The number of carbonyl (C=O) groups is 3. The van der Waals surface area contributed by atoms with E-state index in [1.165, 1.54) is 43.0 Å². The summed E-state index contributed by atoms with van der Waals surface area (Å²) in [5.41, 5.74) is -0.109. The zero-order valence-corrected chi connectivity index (χ0v) is 15.5. The highest BCUT2D eigenvalue weighted by Gasteiger charge is 2.40. The molecule has 0 fully saturated rings. The molecule has 3 rings (SSSR count). The van der Waals surface area contributed by atoms with E-state index in [0.29, 0.717) is 10.6 Å². The highest BCUT2D eigenvalue weighted by molar-refractivity contribution is 7.12. The molecule has 1 atom stereocenters. The van der Waals surface area contributed by atoms with Gasteiger partial charge in [0, 0.05) is 5.57 Å². The van der Waals surface area contributed by atoms with Gasteiger partial charge in [-0.15, -0.1) is 22.7 Å². The maximum atomic E-state index is 13.0. The summed E-state index contributed by atoms with van der Waals surface area (Å²) in [5.74, 6) is -1.67. The monoisotopic (exact) mass is 390 g/mol. The second-order valence-electron chi connectivity index (χ2n) is 5.13. The van der Waals surface area contributed by atoms with Crippen LogP contribution >= 0.6 is 22.7 Å². The number of methoxy groups -OCH3 is 2. The van der Waals surface area contributed by atoms with E-state index in [2.05, 4.69) is 0 Å². The van der Waals surface area contributed by atoms with Crippen LogP contribution in [0.15, 0.2) is 52.2 Å². The molecule has 134 valence electrons. The van der Waals surface area contributed by atoms with Crippen molar-refractivity contribution in [3.05, 3.63) is 62.0 Å². The van der Waals surface area contributed by atoms with E-state index in [1.54, 1.807) is 23.6 Å². The Morgan fingerprint density at radius 3 is 2.35 bits per heavy atom. The number of carbonyl (C=O) groups excluding carboxylic acids is 3. The van der Waals surface area contributed by atoms with Gasteiger partial charge in [-0.25, -0.2) is 9.59 Å². The topological polar surface area (TPSA) is 78.9 Å². The number of hydrogen-bond acceptors (Lipinski definition) is 8. The Labute approximate surface area is 157 Å². The van der Waals surface area contributed by atoms with Gasteiger partial charge in [0.2, 0.25) is 11.9 Å². The van der Waals surface area contributed by atoms with Gasteiger partial charge in [0.15, 0.2) is 0 Å². The predicted octanol–water partition coefficient (Wildman–Crippen LogP) is 3.07. The Balaban J connectivity index is 2.20. The first-order valence-corrected chi connectivity index (χ1v) is 9.23. The van der Waals surface area contributed by atoms with Crippen LogP contribution in [0.1, 0.15) is 14.5 Å². The van der Waals surface area contributed by atoms with Gasteiger partial charge >= 0.3 is 11.9 Å². The van der Waals surface area contributed by atoms with Crippen molar-refractivity contribution >= 4 is 46.2 Å². The van der Waals surface area contributed by atoms with Crippen LogP contribution < -0.4 is 0 Å². The lowest BCUT2D eigenvalue weighted by molar-refractivity contribution is -0.151. The van der Waals surface area contributed by atoms with Crippen LogP contribution in [-0.2, 0) is 23.8 Å². The van der Waals surface area contributed by atoms with Gasteiger partial charge in [-0.05, 0) is 29.0 Å². The molecule has 0 aliphatic carbocycles. The lowest BCUT2D eigenvalue weighted by Gasteiger charge is -2.25. The first-order chi connectivity index (χ1) is 12.6. The van der Waals surface area contributed by atoms with E-state index in [1.807, 2.05) is 11.4 Å². The summed E-state index contributed by atoms with van der Waals surface area (Å²) in [4.78, 5) is 38.7. The van der Waals surface area contributed by atoms with E-state index in [9.17, 15) is 14.4 Å². The van der Waals surface area contributed by atoms with E-state index in [0.717, 1.165) is 4.88 Å². The average molecular weight is 390 g/mol. The third kappa shape index (κ3) is 3.33. The number of rotatable bonds is 5. The Bertz CT molecular complexity index is 890. The highest BCUT2D eigenvalue weighted by Crippen LogP contribution is 2.34. The summed E-state index contributed by atoms with van der Waals surface area (Å²) < 4.78 is 15.2. The first kappa shape index (κ1) is 18.1. The van der Waals surface area contributed by atoms with Crippen molar-refractivity contribution in [3.8, 4) is 0 Å². The molecule has 0 amide bonds.